The largest absolute Gasteiger partial charge is 0.493 e. The zero-order chi connectivity index (χ0) is 19.5. The fourth-order valence-corrected chi connectivity index (χ4v) is 3.39. The number of nitrogens with zero attached hydrogens (tertiary/aromatic N) is 2. The van der Waals surface area contributed by atoms with Gasteiger partial charge in [-0.1, -0.05) is 18.2 Å². The Morgan fingerprint density at radius 3 is 2.61 bits per heavy atom. The molecule has 0 unspecified atom stereocenters. The van der Waals surface area contributed by atoms with Gasteiger partial charge in [-0.05, 0) is 42.3 Å². The van der Waals surface area contributed by atoms with Crippen LogP contribution in [0.2, 0.25) is 0 Å². The maximum atomic E-state index is 13.0. The second kappa shape index (κ2) is 7.60. The standard InChI is InChI=1S/C22H21N3O3/c1-27-20-8-7-16(14-21(20)28-2)24-17-9-11-23-18(13-17)22(26)25-12-10-15-5-3-4-6-19(15)25/h3-9,11,13-14H,10,12H2,1-2H3,(H,23,24). The van der Waals surface area contributed by atoms with E-state index in [2.05, 4.69) is 16.4 Å². The Morgan fingerprint density at radius 1 is 1.00 bits per heavy atom. The van der Waals surface area contributed by atoms with Crippen molar-refractivity contribution in [1.29, 1.82) is 0 Å². The number of amides is 1. The monoisotopic (exact) mass is 375 g/mol. The molecule has 1 aromatic heterocycles. The molecular formula is C22H21N3O3. The minimum Gasteiger partial charge on any atom is -0.493 e. The molecule has 2 aromatic carbocycles. The molecule has 6 heteroatoms. The average molecular weight is 375 g/mol. The van der Waals surface area contributed by atoms with E-state index in [9.17, 15) is 4.79 Å². The molecule has 0 aliphatic carbocycles. The van der Waals surface area contributed by atoms with Crippen LogP contribution < -0.4 is 19.7 Å². The van der Waals surface area contributed by atoms with Crippen LogP contribution in [0.1, 0.15) is 16.1 Å². The smallest absolute Gasteiger partial charge is 0.276 e. The van der Waals surface area contributed by atoms with E-state index in [0.717, 1.165) is 23.5 Å². The lowest BCUT2D eigenvalue weighted by atomic mass is 10.2. The van der Waals surface area contributed by atoms with Crippen LogP contribution in [0.3, 0.4) is 0 Å². The molecule has 0 saturated heterocycles. The van der Waals surface area contributed by atoms with Crippen molar-refractivity contribution in [2.45, 2.75) is 6.42 Å². The summed E-state index contributed by atoms with van der Waals surface area (Å²) in [7, 11) is 3.20. The minimum atomic E-state index is -0.0964. The normalized spacial score (nSPS) is 12.4. The number of anilines is 3. The Labute approximate surface area is 163 Å². The number of hydrogen-bond donors (Lipinski definition) is 1. The van der Waals surface area contributed by atoms with Gasteiger partial charge in [-0.2, -0.15) is 0 Å². The molecule has 4 rings (SSSR count). The van der Waals surface area contributed by atoms with Crippen LogP contribution >= 0.6 is 0 Å². The molecule has 0 spiro atoms. The molecule has 0 saturated carbocycles. The highest BCUT2D eigenvalue weighted by molar-refractivity contribution is 6.06. The lowest BCUT2D eigenvalue weighted by molar-refractivity contribution is 0.0984. The van der Waals surface area contributed by atoms with Gasteiger partial charge in [0.15, 0.2) is 11.5 Å². The Balaban J connectivity index is 1.56. The van der Waals surface area contributed by atoms with Gasteiger partial charge in [-0.3, -0.25) is 9.78 Å². The third kappa shape index (κ3) is 3.36. The molecular weight excluding hydrogens is 354 g/mol. The summed E-state index contributed by atoms with van der Waals surface area (Å²) in [5, 5.41) is 3.29. The van der Waals surface area contributed by atoms with Gasteiger partial charge < -0.3 is 19.7 Å². The first-order valence-electron chi connectivity index (χ1n) is 9.04. The molecule has 28 heavy (non-hydrogen) atoms. The fourth-order valence-electron chi connectivity index (χ4n) is 3.39. The second-order valence-corrected chi connectivity index (χ2v) is 6.46. The number of carbonyl (C=O) groups is 1. The quantitative estimate of drug-likeness (QED) is 0.729. The van der Waals surface area contributed by atoms with Crippen LogP contribution in [0, 0.1) is 0 Å². The van der Waals surface area contributed by atoms with E-state index in [1.807, 2.05) is 42.5 Å². The van der Waals surface area contributed by atoms with Crippen LogP contribution in [0.5, 0.6) is 11.5 Å². The van der Waals surface area contributed by atoms with E-state index < -0.39 is 0 Å². The molecule has 6 nitrogen and oxygen atoms in total. The van der Waals surface area contributed by atoms with E-state index in [0.29, 0.717) is 23.7 Å². The lowest BCUT2D eigenvalue weighted by Crippen LogP contribution is -2.29. The summed E-state index contributed by atoms with van der Waals surface area (Å²) in [4.78, 5) is 19.1. The minimum absolute atomic E-state index is 0.0964. The summed E-state index contributed by atoms with van der Waals surface area (Å²) in [6.07, 6.45) is 2.50. The van der Waals surface area contributed by atoms with Crippen molar-refractivity contribution in [3.8, 4) is 11.5 Å². The van der Waals surface area contributed by atoms with E-state index in [1.54, 1.807) is 31.4 Å². The summed E-state index contributed by atoms with van der Waals surface area (Å²) in [6.45, 7) is 0.674. The van der Waals surface area contributed by atoms with Crippen molar-refractivity contribution in [3.05, 3.63) is 72.1 Å². The van der Waals surface area contributed by atoms with E-state index in [4.69, 9.17) is 9.47 Å². The third-order valence-electron chi connectivity index (χ3n) is 4.78. The average Bonchev–Trinajstić information content (AvgIpc) is 3.17. The fraction of sp³-hybridized carbons (Fsp3) is 0.182. The first-order chi connectivity index (χ1) is 13.7. The SMILES string of the molecule is COc1ccc(Nc2ccnc(C(=O)N3CCc4ccccc43)c2)cc1OC. The summed E-state index contributed by atoms with van der Waals surface area (Å²) < 4.78 is 10.6. The molecule has 1 aliphatic heterocycles. The van der Waals surface area contributed by atoms with Crippen molar-refractivity contribution < 1.29 is 14.3 Å². The highest BCUT2D eigenvalue weighted by Gasteiger charge is 2.26. The maximum absolute atomic E-state index is 13.0. The number of para-hydroxylation sites is 1. The predicted molar refractivity (Wildman–Crippen MR) is 109 cm³/mol. The van der Waals surface area contributed by atoms with Crippen LogP contribution in [0.4, 0.5) is 17.1 Å². The van der Waals surface area contributed by atoms with Crippen molar-refractivity contribution in [3.63, 3.8) is 0 Å². The molecule has 1 aliphatic rings. The number of rotatable bonds is 5. The van der Waals surface area contributed by atoms with Gasteiger partial charge in [0.25, 0.3) is 5.91 Å². The number of fused-ring (bicyclic) bond motifs is 1. The van der Waals surface area contributed by atoms with E-state index in [1.165, 1.54) is 5.56 Å². The zero-order valence-electron chi connectivity index (χ0n) is 15.8. The molecule has 142 valence electrons. The van der Waals surface area contributed by atoms with Gasteiger partial charge in [0.1, 0.15) is 5.69 Å². The molecule has 0 radical (unpaired) electrons. The highest BCUT2D eigenvalue weighted by atomic mass is 16.5. The van der Waals surface area contributed by atoms with Gasteiger partial charge in [0.2, 0.25) is 0 Å². The number of aromatic nitrogens is 1. The first kappa shape index (κ1) is 17.9. The summed E-state index contributed by atoms with van der Waals surface area (Å²) >= 11 is 0. The summed E-state index contributed by atoms with van der Waals surface area (Å²) in [5.74, 6) is 1.19. The Morgan fingerprint density at radius 2 is 1.79 bits per heavy atom. The molecule has 2 heterocycles. The van der Waals surface area contributed by atoms with Gasteiger partial charge in [-0.15, -0.1) is 0 Å². The number of hydrogen-bond acceptors (Lipinski definition) is 5. The van der Waals surface area contributed by atoms with Gasteiger partial charge in [0, 0.05) is 35.9 Å². The Hall–Kier alpha value is -3.54. The number of pyridine rings is 1. The lowest BCUT2D eigenvalue weighted by Gasteiger charge is -2.17. The number of benzene rings is 2. The first-order valence-corrected chi connectivity index (χ1v) is 9.04. The number of methoxy groups -OCH3 is 2. The molecule has 1 amide bonds. The van der Waals surface area contributed by atoms with Crippen LogP contribution in [0.15, 0.2) is 60.8 Å². The van der Waals surface area contributed by atoms with E-state index in [-0.39, 0.29) is 5.91 Å². The topological polar surface area (TPSA) is 63.7 Å². The number of nitrogens with one attached hydrogen (secondary N) is 1. The van der Waals surface area contributed by atoms with Crippen LogP contribution in [-0.2, 0) is 6.42 Å². The number of carbonyl (C=O) groups excluding carboxylic acids is 1. The Kier molecular flexibility index (Phi) is 4.85. The Bertz CT molecular complexity index is 1020. The van der Waals surface area contributed by atoms with Gasteiger partial charge in [0.05, 0.1) is 14.2 Å². The highest BCUT2D eigenvalue weighted by Crippen LogP contribution is 2.32. The molecule has 0 fully saturated rings. The van der Waals surface area contributed by atoms with Crippen LogP contribution in [-0.4, -0.2) is 31.7 Å². The molecule has 3 aromatic rings. The predicted octanol–water partition coefficient (Wildman–Crippen LogP) is 4.05. The van der Waals surface area contributed by atoms with Gasteiger partial charge >= 0.3 is 0 Å². The summed E-state index contributed by atoms with van der Waals surface area (Å²) in [5.41, 5.74) is 4.16. The zero-order valence-corrected chi connectivity index (χ0v) is 15.8. The van der Waals surface area contributed by atoms with Crippen LogP contribution in [0.25, 0.3) is 0 Å². The van der Waals surface area contributed by atoms with Crippen molar-refractivity contribution in [2.75, 3.05) is 31.0 Å². The maximum Gasteiger partial charge on any atom is 0.276 e. The molecule has 0 atom stereocenters. The van der Waals surface area contributed by atoms with Gasteiger partial charge in [-0.25, -0.2) is 0 Å². The molecule has 1 N–H and O–H groups in total. The summed E-state index contributed by atoms with van der Waals surface area (Å²) in [6, 6.07) is 17.1. The second-order valence-electron chi connectivity index (χ2n) is 6.46. The number of ether oxygens (including phenoxy) is 2. The third-order valence-corrected chi connectivity index (χ3v) is 4.78. The van der Waals surface area contributed by atoms with Crippen molar-refractivity contribution in [1.82, 2.24) is 4.98 Å². The van der Waals surface area contributed by atoms with E-state index >= 15 is 0 Å². The van der Waals surface area contributed by atoms with Crippen molar-refractivity contribution >= 4 is 23.0 Å². The molecule has 0 bridgehead atoms. The van der Waals surface area contributed by atoms with Crippen molar-refractivity contribution in [2.24, 2.45) is 0 Å².